The van der Waals surface area contributed by atoms with Gasteiger partial charge in [0.2, 0.25) is 0 Å². The van der Waals surface area contributed by atoms with E-state index in [1.54, 1.807) is 30.9 Å². The molecule has 0 radical (unpaired) electrons. The number of nitrogens with zero attached hydrogens (tertiary/aromatic N) is 1. The van der Waals surface area contributed by atoms with Gasteiger partial charge in [-0.3, -0.25) is 4.79 Å². The number of aryl methyl sites for hydroxylation is 1. The van der Waals surface area contributed by atoms with Crippen LogP contribution in [0.15, 0.2) is 54.6 Å². The summed E-state index contributed by atoms with van der Waals surface area (Å²) in [6.45, 7) is 6.08. The third kappa shape index (κ3) is 4.44. The van der Waals surface area contributed by atoms with E-state index in [0.717, 1.165) is 11.1 Å². The minimum atomic E-state index is -0.654. The van der Waals surface area contributed by atoms with Gasteiger partial charge < -0.3 is 9.64 Å². The third-order valence-corrected chi connectivity index (χ3v) is 3.85. The second kappa shape index (κ2) is 8.29. The molecular formula is C20H23NO3. The predicted octanol–water partition coefficient (Wildman–Crippen LogP) is 3.59. The fourth-order valence-electron chi connectivity index (χ4n) is 2.42. The molecule has 0 saturated carbocycles. The maximum Gasteiger partial charge on any atom is 0.328 e. The van der Waals surface area contributed by atoms with Gasteiger partial charge in [-0.05, 0) is 38.5 Å². The number of amides is 1. The largest absolute Gasteiger partial charge is 0.464 e. The van der Waals surface area contributed by atoms with E-state index >= 15 is 0 Å². The lowest BCUT2D eigenvalue weighted by Gasteiger charge is -2.28. The van der Waals surface area contributed by atoms with Gasteiger partial charge in [-0.25, -0.2) is 4.79 Å². The van der Waals surface area contributed by atoms with Crippen molar-refractivity contribution in [1.29, 1.82) is 0 Å². The van der Waals surface area contributed by atoms with E-state index in [-0.39, 0.29) is 5.91 Å². The Morgan fingerprint density at radius 3 is 2.25 bits per heavy atom. The lowest BCUT2D eigenvalue weighted by molar-refractivity contribution is -0.148. The van der Waals surface area contributed by atoms with Crippen molar-refractivity contribution in [2.45, 2.75) is 33.4 Å². The molecule has 0 bridgehead atoms. The van der Waals surface area contributed by atoms with Crippen LogP contribution in [-0.2, 0) is 16.1 Å². The van der Waals surface area contributed by atoms with Gasteiger partial charge in [-0.15, -0.1) is 0 Å². The number of hydrogen-bond donors (Lipinski definition) is 0. The number of carbonyl (C=O) groups excluding carboxylic acids is 2. The fraction of sp³-hybridized carbons (Fsp3) is 0.300. The molecule has 0 N–H and O–H groups in total. The van der Waals surface area contributed by atoms with Crippen LogP contribution in [0, 0.1) is 6.92 Å². The van der Waals surface area contributed by atoms with E-state index < -0.39 is 12.0 Å². The zero-order chi connectivity index (χ0) is 17.5. The summed E-state index contributed by atoms with van der Waals surface area (Å²) < 4.78 is 5.09. The smallest absolute Gasteiger partial charge is 0.328 e. The summed E-state index contributed by atoms with van der Waals surface area (Å²) in [4.78, 5) is 26.6. The van der Waals surface area contributed by atoms with E-state index in [9.17, 15) is 9.59 Å². The van der Waals surface area contributed by atoms with Crippen molar-refractivity contribution >= 4 is 11.9 Å². The molecule has 0 spiro atoms. The van der Waals surface area contributed by atoms with Crippen LogP contribution >= 0.6 is 0 Å². The van der Waals surface area contributed by atoms with Gasteiger partial charge in [0, 0.05) is 12.1 Å². The van der Waals surface area contributed by atoms with Gasteiger partial charge in [0.25, 0.3) is 5.91 Å². The molecule has 2 rings (SSSR count). The first kappa shape index (κ1) is 17.7. The zero-order valence-corrected chi connectivity index (χ0v) is 14.4. The highest BCUT2D eigenvalue weighted by Crippen LogP contribution is 2.15. The monoisotopic (exact) mass is 325 g/mol. The minimum absolute atomic E-state index is 0.181. The van der Waals surface area contributed by atoms with Crippen LogP contribution in [0.1, 0.15) is 35.3 Å². The van der Waals surface area contributed by atoms with Crippen LogP contribution < -0.4 is 0 Å². The number of hydrogen-bond acceptors (Lipinski definition) is 3. The van der Waals surface area contributed by atoms with Crippen LogP contribution in [0.3, 0.4) is 0 Å². The summed E-state index contributed by atoms with van der Waals surface area (Å²) in [5.74, 6) is -0.576. The summed E-state index contributed by atoms with van der Waals surface area (Å²) >= 11 is 0. The minimum Gasteiger partial charge on any atom is -0.464 e. The van der Waals surface area contributed by atoms with Crippen LogP contribution in [0.5, 0.6) is 0 Å². The van der Waals surface area contributed by atoms with Crippen molar-refractivity contribution < 1.29 is 14.3 Å². The summed E-state index contributed by atoms with van der Waals surface area (Å²) in [6.07, 6.45) is 0. The van der Waals surface area contributed by atoms with Gasteiger partial charge in [0.1, 0.15) is 6.04 Å². The number of rotatable bonds is 6. The third-order valence-electron chi connectivity index (χ3n) is 3.85. The van der Waals surface area contributed by atoms with Gasteiger partial charge in [-0.2, -0.15) is 0 Å². The first-order valence-corrected chi connectivity index (χ1v) is 8.11. The van der Waals surface area contributed by atoms with Crippen LogP contribution in [0.4, 0.5) is 0 Å². The Kier molecular flexibility index (Phi) is 6.13. The summed E-state index contributed by atoms with van der Waals surface area (Å²) in [5, 5.41) is 0. The highest BCUT2D eigenvalue weighted by molar-refractivity contribution is 5.96. The Morgan fingerprint density at radius 1 is 1.04 bits per heavy atom. The van der Waals surface area contributed by atoms with Gasteiger partial charge in [0.05, 0.1) is 6.61 Å². The van der Waals surface area contributed by atoms with E-state index in [1.165, 1.54) is 0 Å². The Morgan fingerprint density at radius 2 is 1.67 bits per heavy atom. The number of ether oxygens (including phenoxy) is 1. The highest BCUT2D eigenvalue weighted by atomic mass is 16.5. The Labute approximate surface area is 143 Å². The standard InChI is InChI=1S/C20H23NO3/c1-4-24-20(23)16(3)21(14-17-8-6-5-7-9-17)19(22)18-12-10-15(2)11-13-18/h5-13,16H,4,14H2,1-3H3. The summed E-state index contributed by atoms with van der Waals surface area (Å²) in [5.41, 5.74) is 2.61. The molecule has 2 aromatic rings. The molecule has 0 aliphatic carbocycles. The second-order valence-corrected chi connectivity index (χ2v) is 5.71. The number of benzene rings is 2. The molecule has 126 valence electrons. The molecule has 0 aliphatic heterocycles. The van der Waals surface area contributed by atoms with Crippen LogP contribution in [0.25, 0.3) is 0 Å². The van der Waals surface area contributed by atoms with Crippen molar-refractivity contribution in [3.8, 4) is 0 Å². The van der Waals surface area contributed by atoms with Crippen molar-refractivity contribution in [2.24, 2.45) is 0 Å². The lowest BCUT2D eigenvalue weighted by atomic mass is 10.1. The van der Waals surface area contributed by atoms with Crippen molar-refractivity contribution in [3.63, 3.8) is 0 Å². The fourth-order valence-corrected chi connectivity index (χ4v) is 2.42. The first-order chi connectivity index (χ1) is 11.5. The van der Waals surface area contributed by atoms with Crippen molar-refractivity contribution in [3.05, 3.63) is 71.3 Å². The molecule has 0 heterocycles. The molecule has 4 heteroatoms. The van der Waals surface area contributed by atoms with E-state index in [1.807, 2.05) is 49.4 Å². The average Bonchev–Trinajstić information content (AvgIpc) is 2.60. The lowest BCUT2D eigenvalue weighted by Crippen LogP contribution is -2.43. The predicted molar refractivity (Wildman–Crippen MR) is 93.6 cm³/mol. The van der Waals surface area contributed by atoms with E-state index in [0.29, 0.717) is 18.7 Å². The normalized spacial score (nSPS) is 11.6. The Balaban J connectivity index is 2.28. The molecule has 2 aromatic carbocycles. The maximum atomic E-state index is 12.9. The average molecular weight is 325 g/mol. The Hall–Kier alpha value is -2.62. The van der Waals surface area contributed by atoms with E-state index in [4.69, 9.17) is 4.74 Å². The molecule has 24 heavy (non-hydrogen) atoms. The van der Waals surface area contributed by atoms with Crippen LogP contribution in [0.2, 0.25) is 0 Å². The van der Waals surface area contributed by atoms with Gasteiger partial charge >= 0.3 is 5.97 Å². The molecule has 0 aromatic heterocycles. The van der Waals surface area contributed by atoms with Crippen molar-refractivity contribution in [1.82, 2.24) is 4.90 Å². The molecule has 1 unspecified atom stereocenters. The quantitative estimate of drug-likeness (QED) is 0.763. The van der Waals surface area contributed by atoms with Crippen molar-refractivity contribution in [2.75, 3.05) is 6.61 Å². The SMILES string of the molecule is CCOC(=O)C(C)N(Cc1ccccc1)C(=O)c1ccc(C)cc1. The zero-order valence-electron chi connectivity index (χ0n) is 14.4. The molecule has 1 amide bonds. The Bertz CT molecular complexity index is 680. The van der Waals surface area contributed by atoms with E-state index in [2.05, 4.69) is 0 Å². The summed E-state index contributed by atoms with van der Waals surface area (Å²) in [6, 6.07) is 16.3. The molecular weight excluding hydrogens is 302 g/mol. The maximum absolute atomic E-state index is 12.9. The number of carbonyl (C=O) groups is 2. The topological polar surface area (TPSA) is 46.6 Å². The molecule has 0 aliphatic rings. The van der Waals surface area contributed by atoms with Crippen LogP contribution in [-0.4, -0.2) is 29.4 Å². The first-order valence-electron chi connectivity index (χ1n) is 8.11. The van der Waals surface area contributed by atoms with Gasteiger partial charge in [0.15, 0.2) is 0 Å². The molecule has 4 nitrogen and oxygen atoms in total. The summed E-state index contributed by atoms with van der Waals surface area (Å²) in [7, 11) is 0. The number of esters is 1. The molecule has 0 fully saturated rings. The second-order valence-electron chi connectivity index (χ2n) is 5.71. The molecule has 0 saturated heterocycles. The highest BCUT2D eigenvalue weighted by Gasteiger charge is 2.27. The van der Waals surface area contributed by atoms with Gasteiger partial charge in [-0.1, -0.05) is 48.0 Å². The molecule has 1 atom stereocenters.